The van der Waals surface area contributed by atoms with Crippen LogP contribution in [0.3, 0.4) is 0 Å². The van der Waals surface area contributed by atoms with Crippen molar-refractivity contribution < 1.29 is 14.3 Å². The van der Waals surface area contributed by atoms with Gasteiger partial charge in [-0.05, 0) is 55.8 Å². The van der Waals surface area contributed by atoms with E-state index in [0.29, 0.717) is 36.0 Å². The molecule has 140 valence electrons. The van der Waals surface area contributed by atoms with Crippen LogP contribution in [-0.2, 0) is 0 Å². The number of hydrogen-bond acceptors (Lipinski definition) is 5. The summed E-state index contributed by atoms with van der Waals surface area (Å²) in [5, 5.41) is 6.96. The molecule has 0 saturated carbocycles. The van der Waals surface area contributed by atoms with Crippen molar-refractivity contribution in [2.75, 3.05) is 18.5 Å². The van der Waals surface area contributed by atoms with Crippen molar-refractivity contribution in [3.63, 3.8) is 0 Å². The average Bonchev–Trinajstić information content (AvgIpc) is 3.22. The van der Waals surface area contributed by atoms with Gasteiger partial charge in [-0.15, -0.1) is 0 Å². The molecular weight excluding hydrogens is 344 g/mol. The predicted molar refractivity (Wildman–Crippen MR) is 103 cm³/mol. The number of rotatable bonds is 8. The van der Waals surface area contributed by atoms with Crippen molar-refractivity contribution in [2.45, 2.75) is 20.3 Å². The Kier molecular flexibility index (Phi) is 6.04. The van der Waals surface area contributed by atoms with Crippen LogP contribution in [0.5, 0.6) is 11.5 Å². The second-order valence-electron chi connectivity index (χ2n) is 5.78. The van der Waals surface area contributed by atoms with Gasteiger partial charge in [-0.2, -0.15) is 5.10 Å². The molecule has 7 nitrogen and oxygen atoms in total. The maximum Gasteiger partial charge on any atom is 0.255 e. The maximum atomic E-state index is 12.6. The number of nitrogens with one attached hydrogen (secondary N) is 1. The standard InChI is InChI=1S/C20H22N4O3/c1-3-11-27-18-10-5-15(12-19(18)26-4-2)20(25)23-16-6-8-17(9-7-16)24-14-21-13-22-24/h5-10,12-14H,3-4,11H2,1-2H3,(H,23,25). The summed E-state index contributed by atoms with van der Waals surface area (Å²) in [6, 6.07) is 12.5. The van der Waals surface area contributed by atoms with Gasteiger partial charge in [0.1, 0.15) is 12.7 Å². The molecule has 3 aromatic rings. The fourth-order valence-electron chi connectivity index (χ4n) is 2.49. The van der Waals surface area contributed by atoms with Crippen molar-refractivity contribution in [2.24, 2.45) is 0 Å². The molecule has 7 heteroatoms. The first-order valence-corrected chi connectivity index (χ1v) is 8.87. The van der Waals surface area contributed by atoms with E-state index in [9.17, 15) is 4.79 Å². The largest absolute Gasteiger partial charge is 0.490 e. The van der Waals surface area contributed by atoms with E-state index < -0.39 is 0 Å². The second-order valence-corrected chi connectivity index (χ2v) is 5.78. The first-order valence-electron chi connectivity index (χ1n) is 8.87. The third-order valence-electron chi connectivity index (χ3n) is 3.78. The number of nitrogens with zero attached hydrogens (tertiary/aromatic N) is 3. The first-order chi connectivity index (χ1) is 13.2. The molecule has 27 heavy (non-hydrogen) atoms. The Bertz CT molecular complexity index is 877. The van der Waals surface area contributed by atoms with Crippen molar-refractivity contribution in [1.82, 2.24) is 14.8 Å². The van der Waals surface area contributed by atoms with Crippen molar-refractivity contribution >= 4 is 11.6 Å². The summed E-state index contributed by atoms with van der Waals surface area (Å²) in [5.74, 6) is 0.999. The quantitative estimate of drug-likeness (QED) is 0.657. The van der Waals surface area contributed by atoms with E-state index in [-0.39, 0.29) is 5.91 Å². The number of benzene rings is 2. The minimum absolute atomic E-state index is 0.216. The van der Waals surface area contributed by atoms with Crippen LogP contribution in [0, 0.1) is 0 Å². The molecule has 0 aliphatic carbocycles. The number of carbonyl (C=O) groups is 1. The summed E-state index contributed by atoms with van der Waals surface area (Å²) in [7, 11) is 0. The summed E-state index contributed by atoms with van der Waals surface area (Å²) >= 11 is 0. The van der Waals surface area contributed by atoms with Crippen molar-refractivity contribution in [3.05, 3.63) is 60.7 Å². The van der Waals surface area contributed by atoms with Crippen LogP contribution in [0.1, 0.15) is 30.6 Å². The summed E-state index contributed by atoms with van der Waals surface area (Å²) in [6.45, 7) is 5.03. The van der Waals surface area contributed by atoms with Crippen LogP contribution in [0.4, 0.5) is 5.69 Å². The number of anilines is 1. The molecule has 0 saturated heterocycles. The molecule has 0 atom stereocenters. The molecule has 1 N–H and O–H groups in total. The molecule has 3 rings (SSSR count). The highest BCUT2D eigenvalue weighted by Crippen LogP contribution is 2.29. The van der Waals surface area contributed by atoms with Gasteiger partial charge < -0.3 is 14.8 Å². The minimum atomic E-state index is -0.216. The topological polar surface area (TPSA) is 78.3 Å². The van der Waals surface area contributed by atoms with Gasteiger partial charge >= 0.3 is 0 Å². The maximum absolute atomic E-state index is 12.6. The van der Waals surface area contributed by atoms with Crippen molar-refractivity contribution in [1.29, 1.82) is 0 Å². The Morgan fingerprint density at radius 3 is 2.56 bits per heavy atom. The summed E-state index contributed by atoms with van der Waals surface area (Å²) in [5.41, 5.74) is 2.05. The van der Waals surface area contributed by atoms with E-state index in [1.54, 1.807) is 29.2 Å². The SMILES string of the molecule is CCCOc1ccc(C(=O)Nc2ccc(-n3cncn3)cc2)cc1OCC. The summed E-state index contributed by atoms with van der Waals surface area (Å²) in [6.07, 6.45) is 3.99. The molecule has 2 aromatic carbocycles. The first kappa shape index (κ1) is 18.4. The molecule has 0 fully saturated rings. The van der Waals surface area contributed by atoms with Crippen LogP contribution in [0.25, 0.3) is 5.69 Å². The molecule has 1 aromatic heterocycles. The van der Waals surface area contributed by atoms with Gasteiger partial charge in [0.15, 0.2) is 11.5 Å². The number of hydrogen-bond donors (Lipinski definition) is 1. The van der Waals surface area contributed by atoms with E-state index >= 15 is 0 Å². The zero-order valence-electron chi connectivity index (χ0n) is 15.4. The van der Waals surface area contributed by atoms with Crippen LogP contribution < -0.4 is 14.8 Å². The van der Waals surface area contributed by atoms with Gasteiger partial charge in [-0.3, -0.25) is 4.79 Å². The average molecular weight is 366 g/mol. The van der Waals surface area contributed by atoms with Crippen LogP contribution in [-0.4, -0.2) is 33.9 Å². The van der Waals surface area contributed by atoms with Gasteiger partial charge in [0.25, 0.3) is 5.91 Å². The lowest BCUT2D eigenvalue weighted by molar-refractivity contribution is 0.102. The minimum Gasteiger partial charge on any atom is -0.490 e. The molecule has 1 heterocycles. The second kappa shape index (κ2) is 8.84. The summed E-state index contributed by atoms with van der Waals surface area (Å²) in [4.78, 5) is 16.5. The molecule has 0 radical (unpaired) electrons. The highest BCUT2D eigenvalue weighted by atomic mass is 16.5. The molecule has 1 amide bonds. The predicted octanol–water partition coefficient (Wildman–Crippen LogP) is 3.71. The lowest BCUT2D eigenvalue weighted by Crippen LogP contribution is -2.12. The number of amides is 1. The van der Waals surface area contributed by atoms with E-state index in [1.165, 1.54) is 6.33 Å². The third-order valence-corrected chi connectivity index (χ3v) is 3.78. The monoisotopic (exact) mass is 366 g/mol. The Morgan fingerprint density at radius 1 is 1.07 bits per heavy atom. The van der Waals surface area contributed by atoms with Gasteiger partial charge in [-0.1, -0.05) is 6.92 Å². The Morgan fingerprint density at radius 2 is 1.89 bits per heavy atom. The number of carbonyl (C=O) groups excluding carboxylic acids is 1. The molecule has 0 unspecified atom stereocenters. The zero-order valence-corrected chi connectivity index (χ0v) is 15.4. The number of aromatic nitrogens is 3. The van der Waals surface area contributed by atoms with Gasteiger partial charge in [0, 0.05) is 11.3 Å². The lowest BCUT2D eigenvalue weighted by Gasteiger charge is -2.13. The van der Waals surface area contributed by atoms with Crippen LogP contribution in [0.2, 0.25) is 0 Å². The van der Waals surface area contributed by atoms with E-state index in [0.717, 1.165) is 12.1 Å². The smallest absolute Gasteiger partial charge is 0.255 e. The third kappa shape index (κ3) is 4.63. The molecular formula is C20H22N4O3. The van der Waals surface area contributed by atoms with Gasteiger partial charge in [0.05, 0.1) is 18.9 Å². The summed E-state index contributed by atoms with van der Waals surface area (Å²) < 4.78 is 12.9. The zero-order chi connectivity index (χ0) is 19.1. The highest BCUT2D eigenvalue weighted by Gasteiger charge is 2.12. The molecule has 0 bridgehead atoms. The highest BCUT2D eigenvalue weighted by molar-refractivity contribution is 6.04. The van der Waals surface area contributed by atoms with E-state index in [4.69, 9.17) is 9.47 Å². The Labute approximate surface area is 158 Å². The van der Waals surface area contributed by atoms with Crippen LogP contribution in [0.15, 0.2) is 55.1 Å². The Hall–Kier alpha value is -3.35. The van der Waals surface area contributed by atoms with E-state index in [2.05, 4.69) is 15.4 Å². The molecule has 0 aliphatic heterocycles. The Balaban J connectivity index is 1.72. The van der Waals surface area contributed by atoms with Crippen molar-refractivity contribution in [3.8, 4) is 17.2 Å². The molecule has 0 aliphatic rings. The van der Waals surface area contributed by atoms with Crippen LogP contribution >= 0.6 is 0 Å². The lowest BCUT2D eigenvalue weighted by atomic mass is 10.1. The normalized spacial score (nSPS) is 10.4. The van der Waals surface area contributed by atoms with E-state index in [1.807, 2.05) is 38.1 Å². The molecule has 0 spiro atoms. The fraction of sp³-hybridized carbons (Fsp3) is 0.250. The number of ether oxygens (including phenoxy) is 2. The van der Waals surface area contributed by atoms with Gasteiger partial charge in [0.2, 0.25) is 0 Å². The van der Waals surface area contributed by atoms with Gasteiger partial charge in [-0.25, -0.2) is 9.67 Å². The fourth-order valence-corrected chi connectivity index (χ4v) is 2.49.